The summed E-state index contributed by atoms with van der Waals surface area (Å²) in [4.78, 5) is 2.31. The summed E-state index contributed by atoms with van der Waals surface area (Å²) in [5, 5.41) is 0. The van der Waals surface area contributed by atoms with E-state index in [9.17, 15) is 0 Å². The zero-order valence-corrected chi connectivity index (χ0v) is 11.8. The Bertz CT molecular complexity index is 652. The molecule has 3 rings (SSSR count). The molecule has 2 aromatic rings. The number of allylic oxidation sites excluding steroid dienone is 1. The van der Waals surface area contributed by atoms with Crippen LogP contribution in [0.5, 0.6) is 0 Å². The average Bonchev–Trinajstić information content (AvgIpc) is 2.82. The van der Waals surface area contributed by atoms with Crippen molar-refractivity contribution in [3.05, 3.63) is 70.8 Å². The Morgan fingerprint density at radius 1 is 1.00 bits per heavy atom. The molecular formula is C18H19N. The van der Waals surface area contributed by atoms with E-state index in [0.29, 0.717) is 0 Å². The van der Waals surface area contributed by atoms with Gasteiger partial charge in [-0.2, -0.15) is 0 Å². The number of benzene rings is 2. The van der Waals surface area contributed by atoms with E-state index in [1.807, 2.05) is 0 Å². The van der Waals surface area contributed by atoms with Gasteiger partial charge in [-0.25, -0.2) is 0 Å². The van der Waals surface area contributed by atoms with Gasteiger partial charge in [-0.15, -0.1) is 0 Å². The van der Waals surface area contributed by atoms with Crippen molar-refractivity contribution < 1.29 is 0 Å². The molecule has 1 aliphatic carbocycles. The molecule has 0 fully saturated rings. The van der Waals surface area contributed by atoms with Crippen LogP contribution in [-0.2, 0) is 6.42 Å². The molecule has 0 aliphatic heterocycles. The fourth-order valence-corrected chi connectivity index (χ4v) is 2.89. The fourth-order valence-electron chi connectivity index (χ4n) is 2.89. The van der Waals surface area contributed by atoms with Crippen molar-refractivity contribution in [1.82, 2.24) is 0 Å². The number of fused-ring (bicyclic) bond motifs is 1. The van der Waals surface area contributed by atoms with Gasteiger partial charge < -0.3 is 4.90 Å². The van der Waals surface area contributed by atoms with Gasteiger partial charge >= 0.3 is 0 Å². The van der Waals surface area contributed by atoms with Crippen LogP contribution < -0.4 is 4.90 Å². The first kappa shape index (κ1) is 12.0. The Morgan fingerprint density at radius 3 is 2.58 bits per heavy atom. The summed E-state index contributed by atoms with van der Waals surface area (Å²) in [7, 11) is 2.16. The third kappa shape index (κ3) is 2.06. The van der Waals surface area contributed by atoms with Crippen molar-refractivity contribution in [2.75, 3.05) is 11.9 Å². The van der Waals surface area contributed by atoms with Gasteiger partial charge in [0.2, 0.25) is 0 Å². The van der Waals surface area contributed by atoms with Crippen molar-refractivity contribution in [3.8, 4) is 0 Å². The van der Waals surface area contributed by atoms with Gasteiger partial charge in [0.05, 0.1) is 0 Å². The predicted octanol–water partition coefficient (Wildman–Crippen LogP) is 4.34. The lowest BCUT2D eigenvalue weighted by atomic mass is 10.1. The molecule has 19 heavy (non-hydrogen) atoms. The highest BCUT2D eigenvalue weighted by Crippen LogP contribution is 2.33. The number of hydrogen-bond donors (Lipinski definition) is 0. The number of rotatable bonds is 2. The van der Waals surface area contributed by atoms with E-state index in [1.54, 1.807) is 0 Å². The summed E-state index contributed by atoms with van der Waals surface area (Å²) < 4.78 is 0. The summed E-state index contributed by atoms with van der Waals surface area (Å²) in [6, 6.07) is 15.3. The molecule has 0 atom stereocenters. The second-order valence-electron chi connectivity index (χ2n) is 5.30. The molecule has 1 heteroatoms. The number of hydrogen-bond acceptors (Lipinski definition) is 1. The van der Waals surface area contributed by atoms with Crippen LogP contribution in [0.1, 0.15) is 22.3 Å². The second kappa shape index (κ2) is 4.58. The smallest absolute Gasteiger partial charge is 0.0447 e. The monoisotopic (exact) mass is 249 g/mol. The third-order valence-electron chi connectivity index (χ3n) is 3.88. The zero-order valence-electron chi connectivity index (χ0n) is 11.8. The first-order valence-corrected chi connectivity index (χ1v) is 6.76. The minimum atomic E-state index is 1.04. The summed E-state index contributed by atoms with van der Waals surface area (Å²) >= 11 is 0. The summed E-state index contributed by atoms with van der Waals surface area (Å²) in [5.41, 5.74) is 8.04. The Hall–Kier alpha value is -2.02. The second-order valence-corrected chi connectivity index (χ2v) is 5.30. The van der Waals surface area contributed by atoms with E-state index in [0.717, 1.165) is 6.42 Å². The highest BCUT2D eigenvalue weighted by Gasteiger charge is 2.18. The molecule has 0 aromatic heterocycles. The third-order valence-corrected chi connectivity index (χ3v) is 3.88. The van der Waals surface area contributed by atoms with Crippen LogP contribution in [-0.4, -0.2) is 7.05 Å². The minimum Gasteiger partial charge on any atom is -0.344 e. The Kier molecular flexibility index (Phi) is 2.90. The SMILES string of the molecule is Cc1ccc(N(C)C2=CCc3ccccc32)c(C)c1. The van der Waals surface area contributed by atoms with Crippen LogP contribution in [0.3, 0.4) is 0 Å². The number of anilines is 1. The molecule has 0 N–H and O–H groups in total. The quantitative estimate of drug-likeness (QED) is 0.765. The van der Waals surface area contributed by atoms with E-state index in [2.05, 4.69) is 74.3 Å². The maximum Gasteiger partial charge on any atom is 0.0447 e. The van der Waals surface area contributed by atoms with Gasteiger partial charge in [0.25, 0.3) is 0 Å². The first-order chi connectivity index (χ1) is 9.16. The standard InChI is InChI=1S/C18H19N/c1-13-8-10-17(14(2)12-13)19(3)18-11-9-15-6-4-5-7-16(15)18/h4-8,10-12H,9H2,1-3H3. The van der Waals surface area contributed by atoms with Gasteiger partial charge in [-0.05, 0) is 37.5 Å². The largest absolute Gasteiger partial charge is 0.344 e. The minimum absolute atomic E-state index is 1.04. The molecule has 0 radical (unpaired) electrons. The van der Waals surface area contributed by atoms with Crippen LogP contribution in [0.2, 0.25) is 0 Å². The van der Waals surface area contributed by atoms with Gasteiger partial charge in [0.1, 0.15) is 0 Å². The summed E-state index contributed by atoms with van der Waals surface area (Å²) in [5.74, 6) is 0. The summed E-state index contributed by atoms with van der Waals surface area (Å²) in [6.45, 7) is 4.32. The molecule has 0 saturated heterocycles. The van der Waals surface area contributed by atoms with Crippen molar-refractivity contribution >= 4 is 11.4 Å². The average molecular weight is 249 g/mol. The zero-order chi connectivity index (χ0) is 13.4. The van der Waals surface area contributed by atoms with Gasteiger partial charge in [0.15, 0.2) is 0 Å². The van der Waals surface area contributed by atoms with Gasteiger partial charge in [-0.3, -0.25) is 0 Å². The van der Waals surface area contributed by atoms with Crippen LogP contribution in [0, 0.1) is 13.8 Å². The Labute approximate surface area is 115 Å². The lowest BCUT2D eigenvalue weighted by Gasteiger charge is -2.24. The fraction of sp³-hybridized carbons (Fsp3) is 0.222. The Balaban J connectivity index is 2.00. The molecule has 0 heterocycles. The molecule has 0 amide bonds. The molecule has 0 saturated carbocycles. The lowest BCUT2D eigenvalue weighted by Crippen LogP contribution is -2.15. The van der Waals surface area contributed by atoms with Gasteiger partial charge in [0, 0.05) is 24.0 Å². The van der Waals surface area contributed by atoms with Crippen molar-refractivity contribution in [2.45, 2.75) is 20.3 Å². The number of nitrogens with zero attached hydrogens (tertiary/aromatic N) is 1. The van der Waals surface area contributed by atoms with E-state index in [4.69, 9.17) is 0 Å². The molecule has 0 unspecified atom stereocenters. The van der Waals surface area contributed by atoms with Crippen molar-refractivity contribution in [2.24, 2.45) is 0 Å². The topological polar surface area (TPSA) is 3.24 Å². The van der Waals surface area contributed by atoms with E-state index < -0.39 is 0 Å². The maximum atomic E-state index is 2.32. The molecule has 2 aromatic carbocycles. The van der Waals surface area contributed by atoms with Gasteiger partial charge in [-0.1, -0.05) is 48.0 Å². The van der Waals surface area contributed by atoms with Crippen molar-refractivity contribution in [1.29, 1.82) is 0 Å². The van der Waals surface area contributed by atoms with E-state index in [1.165, 1.54) is 33.6 Å². The predicted molar refractivity (Wildman–Crippen MR) is 82.4 cm³/mol. The highest BCUT2D eigenvalue weighted by atomic mass is 15.1. The van der Waals surface area contributed by atoms with E-state index >= 15 is 0 Å². The molecule has 1 aliphatic rings. The molecule has 0 spiro atoms. The molecular weight excluding hydrogens is 230 g/mol. The highest BCUT2D eigenvalue weighted by molar-refractivity contribution is 5.84. The van der Waals surface area contributed by atoms with E-state index in [-0.39, 0.29) is 0 Å². The maximum absolute atomic E-state index is 2.32. The molecule has 96 valence electrons. The van der Waals surface area contributed by atoms with Crippen LogP contribution in [0.25, 0.3) is 5.70 Å². The molecule has 0 bridgehead atoms. The lowest BCUT2D eigenvalue weighted by molar-refractivity contribution is 1.19. The van der Waals surface area contributed by atoms with Crippen molar-refractivity contribution in [3.63, 3.8) is 0 Å². The van der Waals surface area contributed by atoms with Crippen LogP contribution in [0.15, 0.2) is 48.5 Å². The number of aryl methyl sites for hydroxylation is 2. The Morgan fingerprint density at radius 2 is 1.79 bits per heavy atom. The van der Waals surface area contributed by atoms with Crippen LogP contribution in [0.4, 0.5) is 5.69 Å². The molecule has 1 nitrogen and oxygen atoms in total. The first-order valence-electron chi connectivity index (χ1n) is 6.76. The summed E-state index contributed by atoms with van der Waals surface area (Å²) in [6.07, 6.45) is 3.37. The van der Waals surface area contributed by atoms with Crippen LogP contribution >= 0.6 is 0 Å². The normalized spacial score (nSPS) is 13.1.